The van der Waals surface area contributed by atoms with Gasteiger partial charge in [-0.2, -0.15) is 0 Å². The fourth-order valence-corrected chi connectivity index (χ4v) is 2.33. The lowest BCUT2D eigenvalue weighted by Gasteiger charge is -2.35. The molecule has 1 aliphatic rings. The van der Waals surface area contributed by atoms with E-state index in [1.165, 1.54) is 31.4 Å². The van der Waals surface area contributed by atoms with Gasteiger partial charge in [0.15, 0.2) is 0 Å². The Bertz CT molecular complexity index is 429. The molecule has 0 amide bonds. The van der Waals surface area contributed by atoms with Gasteiger partial charge in [-0.15, -0.1) is 0 Å². The van der Waals surface area contributed by atoms with Gasteiger partial charge < -0.3 is 5.73 Å². The van der Waals surface area contributed by atoms with E-state index in [0.717, 1.165) is 12.1 Å². The topological polar surface area (TPSA) is 29.3 Å². The van der Waals surface area contributed by atoms with Gasteiger partial charge in [-0.25, -0.2) is 4.39 Å². The molecule has 1 aromatic rings. The van der Waals surface area contributed by atoms with Crippen LogP contribution < -0.4 is 5.73 Å². The fourth-order valence-electron chi connectivity index (χ4n) is 2.14. The van der Waals surface area contributed by atoms with Crippen molar-refractivity contribution in [2.75, 3.05) is 7.05 Å². The second kappa shape index (κ2) is 5.10. The van der Waals surface area contributed by atoms with Gasteiger partial charge in [-0.3, -0.25) is 4.90 Å². The van der Waals surface area contributed by atoms with E-state index in [4.69, 9.17) is 18.0 Å². The first-order valence-electron chi connectivity index (χ1n) is 5.86. The van der Waals surface area contributed by atoms with Crippen LogP contribution in [0.5, 0.6) is 0 Å². The van der Waals surface area contributed by atoms with Crippen LogP contribution in [0.15, 0.2) is 18.2 Å². The number of nitrogens with zero attached hydrogens (tertiary/aromatic N) is 1. The summed E-state index contributed by atoms with van der Waals surface area (Å²) in [6, 6.07) is 5.32. The zero-order valence-electron chi connectivity index (χ0n) is 9.95. The Balaban J connectivity index is 2.16. The maximum Gasteiger partial charge on any atom is 0.123 e. The van der Waals surface area contributed by atoms with Crippen LogP contribution in [0.1, 0.15) is 30.4 Å². The van der Waals surface area contributed by atoms with Crippen molar-refractivity contribution in [1.82, 2.24) is 4.90 Å². The van der Waals surface area contributed by atoms with Crippen molar-refractivity contribution in [3.05, 3.63) is 35.1 Å². The molecule has 1 aliphatic carbocycles. The van der Waals surface area contributed by atoms with Crippen LogP contribution in [-0.2, 0) is 6.54 Å². The average molecular weight is 252 g/mol. The second-order valence-corrected chi connectivity index (χ2v) is 5.11. The van der Waals surface area contributed by atoms with E-state index >= 15 is 0 Å². The van der Waals surface area contributed by atoms with Gasteiger partial charge in [0.2, 0.25) is 0 Å². The van der Waals surface area contributed by atoms with E-state index in [9.17, 15) is 4.39 Å². The van der Waals surface area contributed by atoms with Crippen LogP contribution in [0.25, 0.3) is 0 Å². The molecule has 1 aromatic carbocycles. The number of rotatable bonds is 4. The first-order valence-corrected chi connectivity index (χ1v) is 6.27. The average Bonchev–Trinajstić information content (AvgIpc) is 2.17. The van der Waals surface area contributed by atoms with Crippen LogP contribution >= 0.6 is 12.2 Å². The summed E-state index contributed by atoms with van der Waals surface area (Å²) in [5.74, 6) is -0.289. The lowest BCUT2D eigenvalue weighted by Crippen LogP contribution is -2.37. The summed E-state index contributed by atoms with van der Waals surface area (Å²) in [5, 5.41) is 0. The van der Waals surface area contributed by atoms with E-state index in [0.29, 0.717) is 11.6 Å². The highest BCUT2D eigenvalue weighted by Gasteiger charge is 2.22. The number of halogens is 1. The van der Waals surface area contributed by atoms with Gasteiger partial charge in [0.25, 0.3) is 0 Å². The zero-order chi connectivity index (χ0) is 12.4. The lowest BCUT2D eigenvalue weighted by molar-refractivity contribution is 0.152. The van der Waals surface area contributed by atoms with Gasteiger partial charge in [-0.05, 0) is 37.6 Å². The van der Waals surface area contributed by atoms with Crippen LogP contribution in [0.3, 0.4) is 0 Å². The van der Waals surface area contributed by atoms with Crippen molar-refractivity contribution >= 4 is 17.2 Å². The summed E-state index contributed by atoms with van der Waals surface area (Å²) >= 11 is 4.96. The number of benzene rings is 1. The first-order chi connectivity index (χ1) is 8.08. The molecular weight excluding hydrogens is 235 g/mol. The van der Waals surface area contributed by atoms with Gasteiger partial charge in [0.05, 0.1) is 0 Å². The Labute approximate surface area is 107 Å². The predicted molar refractivity (Wildman–Crippen MR) is 71.4 cm³/mol. The minimum absolute atomic E-state index is 0.265. The summed E-state index contributed by atoms with van der Waals surface area (Å²) in [6.45, 7) is 0.775. The van der Waals surface area contributed by atoms with E-state index < -0.39 is 0 Å². The summed E-state index contributed by atoms with van der Waals surface area (Å²) in [4.78, 5) is 2.56. The predicted octanol–water partition coefficient (Wildman–Crippen LogP) is 2.44. The van der Waals surface area contributed by atoms with Crippen LogP contribution in [0.2, 0.25) is 0 Å². The Hall–Kier alpha value is -1.00. The second-order valence-electron chi connectivity index (χ2n) is 4.67. The van der Waals surface area contributed by atoms with Crippen molar-refractivity contribution in [2.45, 2.75) is 31.8 Å². The van der Waals surface area contributed by atoms with Gasteiger partial charge >= 0.3 is 0 Å². The maximum absolute atomic E-state index is 13.2. The smallest absolute Gasteiger partial charge is 0.123 e. The van der Waals surface area contributed by atoms with Gasteiger partial charge in [0.1, 0.15) is 10.8 Å². The minimum Gasteiger partial charge on any atom is -0.389 e. The molecule has 2 rings (SSSR count). The highest BCUT2D eigenvalue weighted by atomic mass is 32.1. The third-order valence-electron chi connectivity index (χ3n) is 3.46. The quantitative estimate of drug-likeness (QED) is 0.835. The summed E-state index contributed by atoms with van der Waals surface area (Å²) in [7, 11) is 2.09. The van der Waals surface area contributed by atoms with Crippen LogP contribution in [0.4, 0.5) is 4.39 Å². The summed E-state index contributed by atoms with van der Waals surface area (Å²) in [5.41, 5.74) is 7.29. The molecule has 0 aromatic heterocycles. The van der Waals surface area contributed by atoms with Crippen molar-refractivity contribution in [2.24, 2.45) is 5.73 Å². The molecule has 2 N–H and O–H groups in total. The van der Waals surface area contributed by atoms with Crippen molar-refractivity contribution in [1.29, 1.82) is 0 Å². The molecule has 1 saturated carbocycles. The molecule has 0 atom stereocenters. The lowest BCUT2D eigenvalue weighted by atomic mass is 9.91. The molecule has 0 unspecified atom stereocenters. The monoisotopic (exact) mass is 252 g/mol. The third kappa shape index (κ3) is 2.82. The SMILES string of the molecule is CN(Cc1ccc(F)cc1C(N)=S)C1CCC1. The highest BCUT2D eigenvalue weighted by molar-refractivity contribution is 7.80. The molecule has 1 fully saturated rings. The van der Waals surface area contributed by atoms with Crippen molar-refractivity contribution < 1.29 is 4.39 Å². The molecule has 17 heavy (non-hydrogen) atoms. The molecule has 0 radical (unpaired) electrons. The van der Waals surface area contributed by atoms with E-state index in [1.54, 1.807) is 6.07 Å². The Kier molecular flexibility index (Phi) is 3.74. The standard InChI is InChI=1S/C13H17FN2S/c1-16(11-3-2-4-11)8-9-5-6-10(14)7-12(9)13(15)17/h5-7,11H,2-4,8H2,1H3,(H2,15,17). The van der Waals surface area contributed by atoms with Gasteiger partial charge in [0, 0.05) is 18.2 Å². The molecule has 0 bridgehead atoms. The number of nitrogens with two attached hydrogens (primary N) is 1. The number of thiocarbonyl (C=S) groups is 1. The largest absolute Gasteiger partial charge is 0.389 e. The van der Waals surface area contributed by atoms with Crippen LogP contribution in [0, 0.1) is 5.82 Å². The third-order valence-corrected chi connectivity index (χ3v) is 3.68. The van der Waals surface area contributed by atoms with E-state index in [-0.39, 0.29) is 10.8 Å². The molecule has 0 spiro atoms. The normalized spacial score (nSPS) is 15.9. The summed E-state index contributed by atoms with van der Waals surface area (Å²) in [6.07, 6.45) is 3.81. The summed E-state index contributed by atoms with van der Waals surface area (Å²) < 4.78 is 13.2. The molecule has 2 nitrogen and oxygen atoms in total. The van der Waals surface area contributed by atoms with Crippen molar-refractivity contribution in [3.63, 3.8) is 0 Å². The molecular formula is C13H17FN2S. The highest BCUT2D eigenvalue weighted by Crippen LogP contribution is 2.25. The molecule has 0 saturated heterocycles. The number of hydrogen-bond donors (Lipinski definition) is 1. The van der Waals surface area contributed by atoms with Crippen molar-refractivity contribution in [3.8, 4) is 0 Å². The van der Waals surface area contributed by atoms with Crippen LogP contribution in [-0.4, -0.2) is 23.0 Å². The Morgan fingerprint density at radius 2 is 2.24 bits per heavy atom. The molecule has 0 heterocycles. The molecule has 4 heteroatoms. The Morgan fingerprint density at radius 1 is 1.53 bits per heavy atom. The van der Waals surface area contributed by atoms with E-state index in [1.807, 2.05) is 0 Å². The zero-order valence-corrected chi connectivity index (χ0v) is 10.8. The van der Waals surface area contributed by atoms with E-state index in [2.05, 4.69) is 11.9 Å². The first kappa shape index (κ1) is 12.5. The number of hydrogen-bond acceptors (Lipinski definition) is 2. The molecule has 0 aliphatic heterocycles. The van der Waals surface area contributed by atoms with Gasteiger partial charge in [-0.1, -0.05) is 24.7 Å². The Morgan fingerprint density at radius 3 is 2.76 bits per heavy atom. The minimum atomic E-state index is -0.289. The fraction of sp³-hybridized carbons (Fsp3) is 0.462. The maximum atomic E-state index is 13.2. The molecule has 92 valence electrons.